The van der Waals surface area contributed by atoms with Gasteiger partial charge >= 0.3 is 5.97 Å². The van der Waals surface area contributed by atoms with E-state index >= 15 is 0 Å². The Hall–Kier alpha value is -2.53. The fourth-order valence-corrected chi connectivity index (χ4v) is 3.68. The predicted octanol–water partition coefficient (Wildman–Crippen LogP) is 3.72. The van der Waals surface area contributed by atoms with Gasteiger partial charge in [-0.2, -0.15) is 0 Å². The van der Waals surface area contributed by atoms with Gasteiger partial charge in [-0.1, -0.05) is 23.7 Å². The Balaban J connectivity index is 1.57. The molecule has 5 nitrogen and oxygen atoms in total. The zero-order valence-electron chi connectivity index (χ0n) is 16.3. The van der Waals surface area contributed by atoms with Crippen LogP contribution in [-0.4, -0.2) is 49.6 Å². The Bertz CT molecular complexity index is 823. The number of amides is 1. The molecule has 1 aliphatic heterocycles. The van der Waals surface area contributed by atoms with Gasteiger partial charge in [0.1, 0.15) is 0 Å². The number of carbonyl (C=O) groups excluding carboxylic acids is 2. The summed E-state index contributed by atoms with van der Waals surface area (Å²) in [5.74, 6) is -0.201. The number of nitrogens with zero attached hydrogens (tertiary/aromatic N) is 2. The first kappa shape index (κ1) is 20.2. The smallest absolute Gasteiger partial charge is 0.338 e. The van der Waals surface area contributed by atoms with Gasteiger partial charge in [-0.25, -0.2) is 4.79 Å². The maximum atomic E-state index is 12.7. The van der Waals surface area contributed by atoms with Crippen molar-refractivity contribution in [3.63, 3.8) is 0 Å². The number of hydrogen-bond donors (Lipinski definition) is 0. The average molecular weight is 401 g/mol. The first-order valence-electron chi connectivity index (χ1n) is 9.53. The van der Waals surface area contributed by atoms with Gasteiger partial charge in [0.25, 0.3) is 0 Å². The summed E-state index contributed by atoms with van der Waals surface area (Å²) in [6.07, 6.45) is 0.333. The van der Waals surface area contributed by atoms with Gasteiger partial charge < -0.3 is 14.5 Å². The quantitative estimate of drug-likeness (QED) is 0.718. The third kappa shape index (κ3) is 4.65. The number of carbonyl (C=O) groups is 2. The number of benzene rings is 2. The number of ether oxygens (including phenoxy) is 1. The Morgan fingerprint density at radius 1 is 1.04 bits per heavy atom. The largest absolute Gasteiger partial charge is 0.462 e. The van der Waals surface area contributed by atoms with Crippen molar-refractivity contribution in [3.05, 3.63) is 64.2 Å². The lowest BCUT2D eigenvalue weighted by Crippen LogP contribution is -2.49. The molecule has 0 radical (unpaired) electrons. The fourth-order valence-electron chi connectivity index (χ4n) is 3.39. The van der Waals surface area contributed by atoms with E-state index in [1.807, 2.05) is 42.2 Å². The molecule has 0 atom stereocenters. The maximum absolute atomic E-state index is 12.7. The molecule has 1 fully saturated rings. The highest BCUT2D eigenvalue weighted by molar-refractivity contribution is 6.31. The zero-order chi connectivity index (χ0) is 20.1. The van der Waals surface area contributed by atoms with Gasteiger partial charge in [0, 0.05) is 36.9 Å². The molecule has 148 valence electrons. The van der Waals surface area contributed by atoms with E-state index in [1.165, 1.54) is 0 Å². The van der Waals surface area contributed by atoms with E-state index in [2.05, 4.69) is 4.90 Å². The van der Waals surface area contributed by atoms with Crippen molar-refractivity contribution < 1.29 is 14.3 Å². The summed E-state index contributed by atoms with van der Waals surface area (Å²) in [7, 11) is 0. The lowest BCUT2D eigenvalue weighted by molar-refractivity contribution is -0.130. The van der Waals surface area contributed by atoms with Crippen LogP contribution in [0.1, 0.15) is 28.4 Å². The maximum Gasteiger partial charge on any atom is 0.338 e. The first-order valence-corrected chi connectivity index (χ1v) is 9.91. The normalized spacial score (nSPS) is 14.1. The molecule has 0 aromatic heterocycles. The number of hydrogen-bond acceptors (Lipinski definition) is 4. The number of rotatable bonds is 5. The van der Waals surface area contributed by atoms with Crippen LogP contribution in [0.25, 0.3) is 0 Å². The van der Waals surface area contributed by atoms with Crippen molar-refractivity contribution in [2.45, 2.75) is 20.3 Å². The van der Waals surface area contributed by atoms with Crippen LogP contribution in [0.3, 0.4) is 0 Å². The van der Waals surface area contributed by atoms with E-state index in [9.17, 15) is 9.59 Å². The number of piperazine rings is 1. The number of esters is 1. The molecule has 0 N–H and O–H groups in total. The minimum atomic E-state index is -0.306. The van der Waals surface area contributed by atoms with Crippen LogP contribution >= 0.6 is 11.6 Å². The predicted molar refractivity (Wildman–Crippen MR) is 111 cm³/mol. The van der Waals surface area contributed by atoms with E-state index in [0.717, 1.165) is 29.9 Å². The lowest BCUT2D eigenvalue weighted by Gasteiger charge is -2.36. The second-order valence-corrected chi connectivity index (χ2v) is 7.25. The highest BCUT2D eigenvalue weighted by atomic mass is 35.5. The lowest BCUT2D eigenvalue weighted by atomic mass is 10.0. The Labute approximate surface area is 170 Å². The Morgan fingerprint density at radius 2 is 1.71 bits per heavy atom. The number of aryl methyl sites for hydroxylation is 1. The van der Waals surface area contributed by atoms with Gasteiger partial charge in [-0.05, 0) is 55.3 Å². The minimum Gasteiger partial charge on any atom is -0.462 e. The van der Waals surface area contributed by atoms with Gasteiger partial charge in [-0.3, -0.25) is 4.79 Å². The average Bonchev–Trinajstić information content (AvgIpc) is 2.71. The van der Waals surface area contributed by atoms with Crippen LogP contribution in [0.4, 0.5) is 5.69 Å². The Morgan fingerprint density at radius 3 is 2.32 bits per heavy atom. The molecule has 0 spiro atoms. The summed E-state index contributed by atoms with van der Waals surface area (Å²) in [5, 5.41) is 0.647. The van der Waals surface area contributed by atoms with Crippen LogP contribution < -0.4 is 4.90 Å². The highest BCUT2D eigenvalue weighted by Crippen LogP contribution is 2.22. The van der Waals surface area contributed by atoms with Gasteiger partial charge in [0.05, 0.1) is 18.6 Å². The second kappa shape index (κ2) is 9.11. The Kier molecular flexibility index (Phi) is 6.57. The van der Waals surface area contributed by atoms with Crippen molar-refractivity contribution in [2.24, 2.45) is 0 Å². The SMILES string of the molecule is CCOC(=O)c1ccc(N2CCN(C(=O)Cc3c(C)cccc3Cl)CC2)cc1. The van der Waals surface area contributed by atoms with E-state index in [1.54, 1.807) is 19.1 Å². The standard InChI is InChI=1S/C22H25ClN2O3/c1-3-28-22(27)17-7-9-18(10-8-17)24-11-13-25(14-12-24)21(26)15-19-16(2)5-4-6-20(19)23/h4-10H,3,11-15H2,1-2H3. The highest BCUT2D eigenvalue weighted by Gasteiger charge is 2.22. The molecule has 28 heavy (non-hydrogen) atoms. The molecule has 0 saturated carbocycles. The molecule has 1 amide bonds. The summed E-state index contributed by atoms with van der Waals surface area (Å²) in [5.41, 5.74) is 3.55. The van der Waals surface area contributed by atoms with E-state index in [0.29, 0.717) is 36.7 Å². The van der Waals surface area contributed by atoms with Crippen molar-refractivity contribution in [1.29, 1.82) is 0 Å². The summed E-state index contributed by atoms with van der Waals surface area (Å²) in [6.45, 7) is 6.98. The minimum absolute atomic E-state index is 0.105. The molecular formula is C22H25ClN2O3. The second-order valence-electron chi connectivity index (χ2n) is 6.85. The van der Waals surface area contributed by atoms with E-state index in [-0.39, 0.29) is 11.9 Å². The number of anilines is 1. The summed E-state index contributed by atoms with van der Waals surface area (Å²) in [6, 6.07) is 13.1. The van der Waals surface area contributed by atoms with Crippen LogP contribution in [0.2, 0.25) is 5.02 Å². The number of halogens is 1. The van der Waals surface area contributed by atoms with Crippen molar-refractivity contribution >= 4 is 29.2 Å². The first-order chi connectivity index (χ1) is 13.5. The van der Waals surface area contributed by atoms with Crippen LogP contribution in [0, 0.1) is 6.92 Å². The molecular weight excluding hydrogens is 376 g/mol. The molecule has 1 heterocycles. The topological polar surface area (TPSA) is 49.9 Å². The van der Waals surface area contributed by atoms with Crippen molar-refractivity contribution in [3.8, 4) is 0 Å². The molecule has 1 saturated heterocycles. The summed E-state index contributed by atoms with van der Waals surface area (Å²) >= 11 is 6.26. The molecule has 3 rings (SSSR count). The van der Waals surface area contributed by atoms with Crippen molar-refractivity contribution in [1.82, 2.24) is 4.90 Å². The van der Waals surface area contributed by atoms with Gasteiger partial charge in [0.2, 0.25) is 5.91 Å². The van der Waals surface area contributed by atoms with Gasteiger partial charge in [0.15, 0.2) is 0 Å². The molecule has 0 unspecified atom stereocenters. The zero-order valence-corrected chi connectivity index (χ0v) is 17.0. The summed E-state index contributed by atoms with van der Waals surface area (Å²) < 4.78 is 5.01. The third-order valence-corrected chi connectivity index (χ3v) is 5.41. The van der Waals surface area contributed by atoms with Crippen LogP contribution in [0.5, 0.6) is 0 Å². The fraction of sp³-hybridized carbons (Fsp3) is 0.364. The third-order valence-electron chi connectivity index (χ3n) is 5.06. The molecule has 2 aromatic rings. The molecule has 0 aliphatic carbocycles. The van der Waals surface area contributed by atoms with E-state index < -0.39 is 0 Å². The molecule has 6 heteroatoms. The van der Waals surface area contributed by atoms with E-state index in [4.69, 9.17) is 16.3 Å². The molecule has 2 aromatic carbocycles. The summed E-state index contributed by atoms with van der Waals surface area (Å²) in [4.78, 5) is 28.6. The molecule has 1 aliphatic rings. The molecule has 0 bridgehead atoms. The monoisotopic (exact) mass is 400 g/mol. The van der Waals surface area contributed by atoms with Gasteiger partial charge in [-0.15, -0.1) is 0 Å². The van der Waals surface area contributed by atoms with Crippen LogP contribution in [-0.2, 0) is 16.0 Å². The van der Waals surface area contributed by atoms with Crippen molar-refractivity contribution in [2.75, 3.05) is 37.7 Å². The van der Waals surface area contributed by atoms with Crippen LogP contribution in [0.15, 0.2) is 42.5 Å².